The van der Waals surface area contributed by atoms with E-state index in [0.717, 1.165) is 6.42 Å². The lowest BCUT2D eigenvalue weighted by molar-refractivity contribution is 0.830. The number of hydrogen-bond acceptors (Lipinski definition) is 2. The highest BCUT2D eigenvalue weighted by Crippen LogP contribution is 2.63. The Morgan fingerprint density at radius 3 is 1.81 bits per heavy atom. The summed E-state index contributed by atoms with van der Waals surface area (Å²) in [7, 11) is -0.821. The van der Waals surface area contributed by atoms with Gasteiger partial charge in [0.1, 0.15) is 6.16 Å². The Bertz CT molecular complexity index is 353. The van der Waals surface area contributed by atoms with Crippen LogP contribution >= 0.6 is 18.6 Å². The molecule has 0 aliphatic carbocycles. The molecule has 0 saturated heterocycles. The fraction of sp³-hybridized carbons (Fsp3) is 0.833. The van der Waals surface area contributed by atoms with Gasteiger partial charge in [0.05, 0.1) is 29.2 Å². The topological polar surface area (TPSA) is 12.9 Å². The van der Waals surface area contributed by atoms with Gasteiger partial charge in [0.2, 0.25) is 0 Å². The van der Waals surface area contributed by atoms with Gasteiger partial charge in [-0.3, -0.25) is 0 Å². The predicted octanol–water partition coefficient (Wildman–Crippen LogP) is 6.62. The van der Waals surface area contributed by atoms with E-state index in [2.05, 4.69) is 33.1 Å². The van der Waals surface area contributed by atoms with Gasteiger partial charge in [-0.25, -0.2) is 4.98 Å². The van der Waals surface area contributed by atoms with Crippen molar-refractivity contribution in [1.82, 2.24) is 4.98 Å². The van der Waals surface area contributed by atoms with Crippen LogP contribution < -0.4 is 0 Å². The molecule has 1 nitrogen and oxygen atoms in total. The molecule has 0 bridgehead atoms. The summed E-state index contributed by atoms with van der Waals surface area (Å²) in [6.07, 6.45) is 15.2. The van der Waals surface area contributed by atoms with Gasteiger partial charge in [-0.1, -0.05) is 47.0 Å². The van der Waals surface area contributed by atoms with Crippen LogP contribution in [0.3, 0.4) is 0 Å². The Hall–Kier alpha value is 0.0600. The summed E-state index contributed by atoms with van der Waals surface area (Å²) in [5.74, 6) is 0. The minimum Gasteiger partial charge on any atom is -0.242 e. The van der Waals surface area contributed by atoms with Crippen LogP contribution in [0.25, 0.3) is 0 Å². The highest BCUT2D eigenvalue weighted by molar-refractivity contribution is 7.75. The summed E-state index contributed by atoms with van der Waals surface area (Å²) >= 11 is 1.87. The normalized spacial score (nSPS) is 12.0. The molecule has 0 aromatic carbocycles. The zero-order valence-electron chi connectivity index (χ0n) is 14.7. The van der Waals surface area contributed by atoms with Crippen molar-refractivity contribution in [3.8, 4) is 0 Å². The van der Waals surface area contributed by atoms with Crippen LogP contribution in [0.1, 0.15) is 76.9 Å². The van der Waals surface area contributed by atoms with E-state index < -0.39 is 7.26 Å². The molecule has 0 radical (unpaired) electrons. The van der Waals surface area contributed by atoms with E-state index in [4.69, 9.17) is 4.98 Å². The molecule has 21 heavy (non-hydrogen) atoms. The predicted molar refractivity (Wildman–Crippen MR) is 101 cm³/mol. The highest BCUT2D eigenvalue weighted by atomic mass is 32.1. The number of nitrogens with zero attached hydrogens (tertiary/aromatic N) is 1. The second-order valence-electron chi connectivity index (χ2n) is 6.32. The van der Waals surface area contributed by atoms with Gasteiger partial charge in [-0.2, -0.15) is 0 Å². The molecule has 1 aromatic rings. The standard InChI is InChI=1S/C18H35NPS/c1-5-9-12-20(13-10-6-2,14-11-7-3)15-17-16-21-18(8-4)19-17/h16H,5-15H2,1-4H3/q+1. The Kier molecular flexibility index (Phi) is 9.76. The van der Waals surface area contributed by atoms with Gasteiger partial charge >= 0.3 is 0 Å². The van der Waals surface area contributed by atoms with E-state index in [1.54, 1.807) is 0 Å². The molecule has 1 heterocycles. The van der Waals surface area contributed by atoms with Crippen LogP contribution in [0.4, 0.5) is 0 Å². The van der Waals surface area contributed by atoms with Gasteiger partial charge in [0.25, 0.3) is 0 Å². The lowest BCUT2D eigenvalue weighted by Crippen LogP contribution is -2.12. The van der Waals surface area contributed by atoms with E-state index in [0.29, 0.717) is 0 Å². The third-order valence-electron chi connectivity index (χ3n) is 4.36. The molecule has 0 saturated carbocycles. The summed E-state index contributed by atoms with van der Waals surface area (Å²) in [4.78, 5) is 4.88. The second kappa shape index (κ2) is 10.7. The number of rotatable bonds is 12. The molecule has 1 aromatic heterocycles. The number of aromatic nitrogens is 1. The zero-order valence-corrected chi connectivity index (χ0v) is 16.4. The first-order chi connectivity index (χ1) is 10.2. The number of unbranched alkanes of at least 4 members (excludes halogenated alkanes) is 3. The van der Waals surface area contributed by atoms with E-state index >= 15 is 0 Å². The Labute approximate surface area is 137 Å². The first kappa shape index (κ1) is 19.1. The van der Waals surface area contributed by atoms with Gasteiger partial charge in [0, 0.05) is 12.6 Å². The molecule has 3 heteroatoms. The van der Waals surface area contributed by atoms with Gasteiger partial charge < -0.3 is 0 Å². The van der Waals surface area contributed by atoms with Crippen LogP contribution in [0.15, 0.2) is 5.38 Å². The van der Waals surface area contributed by atoms with E-state index in [-0.39, 0.29) is 0 Å². The molecular weight excluding hydrogens is 293 g/mol. The van der Waals surface area contributed by atoms with E-state index in [9.17, 15) is 0 Å². The maximum atomic E-state index is 4.88. The average Bonchev–Trinajstić information content (AvgIpc) is 2.96. The minimum absolute atomic E-state index is 0.821. The molecular formula is C18H35NPS+. The molecule has 0 atom stereocenters. The van der Waals surface area contributed by atoms with Gasteiger partial charge in [-0.05, 0) is 25.7 Å². The van der Waals surface area contributed by atoms with Crippen molar-refractivity contribution in [2.75, 3.05) is 18.5 Å². The van der Waals surface area contributed by atoms with Gasteiger partial charge in [0.15, 0.2) is 0 Å². The second-order valence-corrected chi connectivity index (χ2v) is 11.6. The SMILES string of the molecule is CCCC[P+](CCCC)(CCCC)Cc1csc(CC)n1. The molecule has 0 fully saturated rings. The molecule has 0 amide bonds. The van der Waals surface area contributed by atoms with Crippen molar-refractivity contribution in [2.24, 2.45) is 0 Å². The van der Waals surface area contributed by atoms with Crippen LogP contribution in [-0.4, -0.2) is 23.5 Å². The zero-order chi connectivity index (χ0) is 15.6. The Morgan fingerprint density at radius 1 is 0.905 bits per heavy atom. The van der Waals surface area contributed by atoms with Gasteiger partial charge in [-0.15, -0.1) is 11.3 Å². The molecule has 122 valence electrons. The quantitative estimate of drug-likeness (QED) is 0.393. The van der Waals surface area contributed by atoms with Crippen LogP contribution in [0.5, 0.6) is 0 Å². The molecule has 0 unspecified atom stereocenters. The fourth-order valence-corrected chi connectivity index (χ4v) is 8.80. The fourth-order valence-electron chi connectivity index (χ4n) is 2.98. The van der Waals surface area contributed by atoms with E-state index in [1.807, 2.05) is 11.3 Å². The number of hydrogen-bond donors (Lipinski definition) is 0. The first-order valence-electron chi connectivity index (χ1n) is 8.98. The third-order valence-corrected chi connectivity index (χ3v) is 10.2. The Morgan fingerprint density at radius 2 is 1.43 bits per heavy atom. The summed E-state index contributed by atoms with van der Waals surface area (Å²) in [6.45, 7) is 9.24. The van der Waals surface area contributed by atoms with Crippen molar-refractivity contribution in [3.63, 3.8) is 0 Å². The minimum atomic E-state index is -0.821. The molecule has 1 rings (SSSR count). The molecule has 0 N–H and O–H groups in total. The van der Waals surface area contributed by atoms with Crippen molar-refractivity contribution in [2.45, 2.75) is 78.8 Å². The monoisotopic (exact) mass is 328 g/mol. The van der Waals surface area contributed by atoms with Crippen molar-refractivity contribution in [3.05, 3.63) is 16.1 Å². The number of aryl methyl sites for hydroxylation is 1. The molecule has 0 spiro atoms. The smallest absolute Gasteiger partial charge is 0.102 e. The summed E-state index contributed by atoms with van der Waals surface area (Å²) < 4.78 is 0. The van der Waals surface area contributed by atoms with Crippen LogP contribution in [0.2, 0.25) is 0 Å². The summed E-state index contributed by atoms with van der Waals surface area (Å²) in [5, 5.41) is 3.67. The average molecular weight is 329 g/mol. The maximum absolute atomic E-state index is 4.88. The Balaban J connectivity index is 2.83. The van der Waals surface area contributed by atoms with E-state index in [1.165, 1.54) is 73.9 Å². The van der Waals surface area contributed by atoms with Crippen molar-refractivity contribution >= 4 is 18.6 Å². The van der Waals surface area contributed by atoms with Crippen molar-refractivity contribution in [1.29, 1.82) is 0 Å². The maximum Gasteiger partial charge on any atom is 0.102 e. The summed E-state index contributed by atoms with van der Waals surface area (Å²) in [5.41, 5.74) is 1.41. The lowest BCUT2D eigenvalue weighted by atomic mass is 10.4. The first-order valence-corrected chi connectivity index (χ1v) is 12.4. The largest absolute Gasteiger partial charge is 0.242 e. The highest BCUT2D eigenvalue weighted by Gasteiger charge is 2.36. The van der Waals surface area contributed by atoms with Crippen LogP contribution in [-0.2, 0) is 12.6 Å². The molecule has 0 aliphatic rings. The van der Waals surface area contributed by atoms with Crippen LogP contribution in [0, 0.1) is 0 Å². The third kappa shape index (κ3) is 6.78. The van der Waals surface area contributed by atoms with Crippen molar-refractivity contribution < 1.29 is 0 Å². The summed E-state index contributed by atoms with van der Waals surface area (Å²) in [6, 6.07) is 0. The number of thiazole rings is 1. The lowest BCUT2D eigenvalue weighted by Gasteiger charge is -2.27. The molecule has 0 aliphatic heterocycles.